The average molecular weight is 495 g/mol. The lowest BCUT2D eigenvalue weighted by atomic mass is 10.0. The summed E-state index contributed by atoms with van der Waals surface area (Å²) in [5.74, 6) is -1.31. The van der Waals surface area contributed by atoms with Crippen molar-refractivity contribution in [2.45, 2.75) is 30.6 Å². The molecular formula is C24H22N4O6S. The molecule has 3 aromatic rings. The molecule has 0 heterocycles. The number of carboxylic acid groups (broad SMARTS) is 1. The van der Waals surface area contributed by atoms with Gasteiger partial charge in [-0.3, -0.25) is 20.3 Å². The molecule has 0 fully saturated rings. The Morgan fingerprint density at radius 2 is 1.69 bits per heavy atom. The van der Waals surface area contributed by atoms with Gasteiger partial charge in [0.05, 0.1) is 26.8 Å². The van der Waals surface area contributed by atoms with Crippen LogP contribution in [0.5, 0.6) is 0 Å². The molecule has 4 rings (SSSR count). The number of hydrogen-bond acceptors (Lipinski definition) is 7. The molecule has 3 N–H and O–H groups in total. The second-order valence-corrected chi connectivity index (χ2v) is 9.61. The number of carbonyl (C=O) groups is 1. The number of nitro groups is 1. The minimum atomic E-state index is -4.30. The van der Waals surface area contributed by atoms with Gasteiger partial charge < -0.3 is 5.11 Å². The number of nitro benzene ring substituents is 1. The first-order valence-corrected chi connectivity index (χ1v) is 12.3. The number of hydrogen-bond donors (Lipinski definition) is 3. The van der Waals surface area contributed by atoms with Crippen LogP contribution >= 0.6 is 0 Å². The van der Waals surface area contributed by atoms with Crippen molar-refractivity contribution in [2.24, 2.45) is 5.10 Å². The zero-order valence-corrected chi connectivity index (χ0v) is 19.3. The molecule has 3 aromatic carbocycles. The van der Waals surface area contributed by atoms with Gasteiger partial charge in [-0.25, -0.2) is 13.2 Å². The monoisotopic (exact) mass is 494 g/mol. The molecule has 0 amide bonds. The van der Waals surface area contributed by atoms with Crippen molar-refractivity contribution in [3.8, 4) is 0 Å². The Morgan fingerprint density at radius 3 is 2.46 bits per heavy atom. The second kappa shape index (κ2) is 9.94. The zero-order chi connectivity index (χ0) is 25.0. The smallest absolute Gasteiger partial charge is 0.337 e. The fourth-order valence-electron chi connectivity index (χ4n) is 3.89. The van der Waals surface area contributed by atoms with E-state index in [-0.39, 0.29) is 21.8 Å². The summed E-state index contributed by atoms with van der Waals surface area (Å²) >= 11 is 0. The maximum atomic E-state index is 12.9. The Hall–Kier alpha value is -4.25. The van der Waals surface area contributed by atoms with Crippen molar-refractivity contribution >= 4 is 38.8 Å². The third-order valence-corrected chi connectivity index (χ3v) is 6.99. The molecule has 0 bridgehead atoms. The lowest BCUT2D eigenvalue weighted by molar-refractivity contribution is -0.384. The second-order valence-electron chi connectivity index (χ2n) is 7.93. The van der Waals surface area contributed by atoms with Crippen LogP contribution in [0, 0.1) is 10.1 Å². The van der Waals surface area contributed by atoms with E-state index in [1.165, 1.54) is 36.4 Å². The summed E-state index contributed by atoms with van der Waals surface area (Å²) < 4.78 is 27.9. The Morgan fingerprint density at radius 1 is 0.971 bits per heavy atom. The molecule has 1 aliphatic carbocycles. The van der Waals surface area contributed by atoms with E-state index in [0.717, 1.165) is 42.2 Å². The van der Waals surface area contributed by atoms with Crippen LogP contribution in [0.25, 0.3) is 0 Å². The van der Waals surface area contributed by atoms with Gasteiger partial charge in [-0.05, 0) is 55.5 Å². The standard InChI is InChI=1S/C24H22N4O6S/c29-24(30)19-10-4-6-12-21(19)27-35(33,34)17-13-14-22(23(15-17)28(31)32)26-25-20-11-5-2-8-16-7-1-3-9-18(16)20/h1,3-4,6-7,9-10,12-15,26-27H,2,5,8,11H2,(H,29,30)/b25-20+. The van der Waals surface area contributed by atoms with Gasteiger partial charge in [0.1, 0.15) is 5.69 Å². The summed E-state index contributed by atoms with van der Waals surface area (Å²) in [5, 5.41) is 25.4. The lowest BCUT2D eigenvalue weighted by Crippen LogP contribution is -2.16. The molecule has 0 saturated carbocycles. The molecule has 1 aliphatic rings. The summed E-state index contributed by atoms with van der Waals surface area (Å²) in [5.41, 5.74) is 4.82. The molecule has 35 heavy (non-hydrogen) atoms. The van der Waals surface area contributed by atoms with Crippen LogP contribution in [0.3, 0.4) is 0 Å². The van der Waals surface area contributed by atoms with Gasteiger partial charge in [-0.15, -0.1) is 0 Å². The number of nitrogens with zero attached hydrogens (tertiary/aromatic N) is 2. The van der Waals surface area contributed by atoms with Crippen LogP contribution in [-0.2, 0) is 16.4 Å². The molecule has 180 valence electrons. The number of aryl methyl sites for hydroxylation is 1. The van der Waals surface area contributed by atoms with Crippen molar-refractivity contribution in [3.05, 3.63) is 93.5 Å². The van der Waals surface area contributed by atoms with Crippen molar-refractivity contribution < 1.29 is 23.2 Å². The molecule has 11 heteroatoms. The zero-order valence-electron chi connectivity index (χ0n) is 18.5. The molecule has 0 spiro atoms. The molecule has 10 nitrogen and oxygen atoms in total. The van der Waals surface area contributed by atoms with Crippen LogP contribution in [0.4, 0.5) is 17.1 Å². The number of hydrazone groups is 1. The highest BCUT2D eigenvalue weighted by Crippen LogP contribution is 2.30. The van der Waals surface area contributed by atoms with E-state index in [4.69, 9.17) is 0 Å². The summed E-state index contributed by atoms with van der Waals surface area (Å²) in [6.07, 6.45) is 3.58. The van der Waals surface area contributed by atoms with Gasteiger partial charge in [0.15, 0.2) is 0 Å². The average Bonchev–Trinajstić information content (AvgIpc) is 3.04. The number of fused-ring (bicyclic) bond motifs is 1. The number of carboxylic acids is 1. The molecule has 0 aromatic heterocycles. The predicted octanol–water partition coefficient (Wildman–Crippen LogP) is 4.64. The maximum absolute atomic E-state index is 12.9. The van der Waals surface area contributed by atoms with E-state index >= 15 is 0 Å². The van der Waals surface area contributed by atoms with Gasteiger partial charge in [-0.2, -0.15) is 5.10 Å². The lowest BCUT2D eigenvalue weighted by Gasteiger charge is -2.12. The highest BCUT2D eigenvalue weighted by molar-refractivity contribution is 7.92. The van der Waals surface area contributed by atoms with E-state index in [0.29, 0.717) is 6.42 Å². The first kappa shape index (κ1) is 23.9. The normalized spacial score (nSPS) is 14.6. The number of anilines is 2. The van der Waals surface area contributed by atoms with Crippen LogP contribution in [0.1, 0.15) is 40.7 Å². The number of nitrogens with one attached hydrogen (secondary N) is 2. The molecule has 0 atom stereocenters. The summed E-state index contributed by atoms with van der Waals surface area (Å²) in [4.78, 5) is 22.0. The predicted molar refractivity (Wildman–Crippen MR) is 131 cm³/mol. The van der Waals surface area contributed by atoms with E-state index in [9.17, 15) is 28.4 Å². The highest BCUT2D eigenvalue weighted by atomic mass is 32.2. The van der Waals surface area contributed by atoms with Crippen LogP contribution < -0.4 is 10.1 Å². The van der Waals surface area contributed by atoms with E-state index in [1.807, 2.05) is 24.3 Å². The number of para-hydroxylation sites is 1. The number of rotatable bonds is 7. The summed E-state index contributed by atoms with van der Waals surface area (Å²) in [6.45, 7) is 0. The maximum Gasteiger partial charge on any atom is 0.337 e. The van der Waals surface area contributed by atoms with Gasteiger partial charge in [0.25, 0.3) is 15.7 Å². The van der Waals surface area contributed by atoms with Crippen LogP contribution in [0.15, 0.2) is 76.7 Å². The minimum absolute atomic E-state index is 0.0362. The first-order valence-electron chi connectivity index (χ1n) is 10.8. The van der Waals surface area contributed by atoms with Crippen LogP contribution in [-0.4, -0.2) is 30.1 Å². The van der Waals surface area contributed by atoms with E-state index < -0.39 is 26.6 Å². The quantitative estimate of drug-likeness (QED) is 0.246. The van der Waals surface area contributed by atoms with Crippen molar-refractivity contribution in [2.75, 3.05) is 10.1 Å². The summed E-state index contributed by atoms with van der Waals surface area (Å²) in [7, 11) is -4.30. The third-order valence-electron chi connectivity index (χ3n) is 5.63. The van der Waals surface area contributed by atoms with Gasteiger partial charge in [0, 0.05) is 11.6 Å². The van der Waals surface area contributed by atoms with Gasteiger partial charge in [0.2, 0.25) is 0 Å². The van der Waals surface area contributed by atoms with Crippen molar-refractivity contribution in [1.29, 1.82) is 0 Å². The van der Waals surface area contributed by atoms with E-state index in [1.54, 1.807) is 0 Å². The number of benzene rings is 3. The number of aromatic carboxylic acids is 1. The largest absolute Gasteiger partial charge is 0.478 e. The topological polar surface area (TPSA) is 151 Å². The minimum Gasteiger partial charge on any atom is -0.478 e. The Labute approximate surface area is 201 Å². The van der Waals surface area contributed by atoms with Crippen molar-refractivity contribution in [3.63, 3.8) is 0 Å². The summed E-state index contributed by atoms with van der Waals surface area (Å²) in [6, 6.07) is 16.7. The fraction of sp³-hybridized carbons (Fsp3) is 0.167. The fourth-order valence-corrected chi connectivity index (χ4v) is 4.99. The van der Waals surface area contributed by atoms with Gasteiger partial charge in [-0.1, -0.05) is 36.4 Å². The Kier molecular flexibility index (Phi) is 6.78. The Balaban J connectivity index is 1.65. The SMILES string of the molecule is O=C(O)c1ccccc1NS(=O)(=O)c1ccc(N/N=C2\CCCCc3ccccc32)c([N+](=O)[O-])c1. The molecule has 0 saturated heterocycles. The Bertz CT molecular complexity index is 1440. The first-order chi connectivity index (χ1) is 16.8. The molecule has 0 unspecified atom stereocenters. The van der Waals surface area contributed by atoms with Crippen LogP contribution in [0.2, 0.25) is 0 Å². The van der Waals surface area contributed by atoms with Gasteiger partial charge >= 0.3 is 5.97 Å². The molecular weight excluding hydrogens is 472 g/mol. The molecule has 0 radical (unpaired) electrons. The van der Waals surface area contributed by atoms with Crippen molar-refractivity contribution in [1.82, 2.24) is 0 Å². The highest BCUT2D eigenvalue weighted by Gasteiger charge is 2.23. The third kappa shape index (κ3) is 5.30. The van der Waals surface area contributed by atoms with E-state index in [2.05, 4.69) is 15.2 Å². The molecule has 0 aliphatic heterocycles. The number of sulfonamides is 1.